The zero-order valence-electron chi connectivity index (χ0n) is 16.9. The number of carbonyl (C=O) groups excluding carboxylic acids is 1. The van der Waals surface area contributed by atoms with E-state index in [1.165, 1.54) is 12.8 Å². The number of ether oxygens (including phenoxy) is 1. The first-order chi connectivity index (χ1) is 13.6. The molecule has 1 fully saturated rings. The highest BCUT2D eigenvalue weighted by Gasteiger charge is 2.28. The number of nitrogens with zero attached hydrogens (tertiary/aromatic N) is 1. The van der Waals surface area contributed by atoms with E-state index >= 15 is 0 Å². The Morgan fingerprint density at radius 2 is 1.61 bits per heavy atom. The van der Waals surface area contributed by atoms with Gasteiger partial charge in [-0.15, -0.1) is 0 Å². The van der Waals surface area contributed by atoms with Crippen molar-refractivity contribution in [1.82, 2.24) is 0 Å². The molecule has 0 aromatic heterocycles. The number of hydrogen-bond donors (Lipinski definition) is 0. The lowest BCUT2D eigenvalue weighted by atomic mass is 9.78. The van der Waals surface area contributed by atoms with Crippen LogP contribution in [0.4, 0.5) is 0 Å². The molecule has 0 N–H and O–H groups in total. The third-order valence-corrected chi connectivity index (χ3v) is 6.03. The maximum Gasteiger partial charge on any atom is 0.314 e. The van der Waals surface area contributed by atoms with Gasteiger partial charge in [-0.05, 0) is 79.3 Å². The molecule has 0 unspecified atom stereocenters. The van der Waals surface area contributed by atoms with Gasteiger partial charge in [0, 0.05) is 0 Å². The smallest absolute Gasteiger partial charge is 0.314 e. The number of nitriles is 1. The number of esters is 1. The summed E-state index contributed by atoms with van der Waals surface area (Å²) in [7, 11) is 0. The Hall–Kier alpha value is -2.60. The Bertz CT molecular complexity index is 809. The van der Waals surface area contributed by atoms with Crippen LogP contribution in [0.3, 0.4) is 0 Å². The van der Waals surface area contributed by atoms with Crippen molar-refractivity contribution < 1.29 is 9.53 Å². The highest BCUT2D eigenvalue weighted by Crippen LogP contribution is 2.34. The van der Waals surface area contributed by atoms with E-state index in [0.717, 1.165) is 48.6 Å². The highest BCUT2D eigenvalue weighted by atomic mass is 16.5. The quantitative estimate of drug-likeness (QED) is 0.435. The van der Waals surface area contributed by atoms with E-state index in [2.05, 4.69) is 19.9 Å². The Morgan fingerprint density at radius 3 is 2.14 bits per heavy atom. The molecule has 0 heterocycles. The van der Waals surface area contributed by atoms with E-state index < -0.39 is 0 Å². The van der Waals surface area contributed by atoms with Crippen LogP contribution < -0.4 is 4.74 Å². The van der Waals surface area contributed by atoms with Crippen molar-refractivity contribution in [1.29, 1.82) is 5.26 Å². The molecule has 0 amide bonds. The molecule has 1 saturated carbocycles. The summed E-state index contributed by atoms with van der Waals surface area (Å²) >= 11 is 0. The Morgan fingerprint density at radius 1 is 1.04 bits per heavy atom. The number of rotatable bonds is 6. The Labute approximate surface area is 168 Å². The van der Waals surface area contributed by atoms with Gasteiger partial charge in [0.25, 0.3) is 0 Å². The number of carbonyl (C=O) groups is 1. The predicted molar refractivity (Wildman–Crippen MR) is 112 cm³/mol. The maximum absolute atomic E-state index is 12.5. The van der Waals surface area contributed by atoms with E-state index in [9.17, 15) is 4.79 Å². The average Bonchev–Trinajstić information content (AvgIpc) is 2.74. The van der Waals surface area contributed by atoms with E-state index in [1.54, 1.807) is 12.1 Å². The molecule has 3 heteroatoms. The molecule has 1 aliphatic rings. The van der Waals surface area contributed by atoms with Crippen LogP contribution in [0.25, 0.3) is 11.1 Å². The molecular formula is C25H29NO2. The molecule has 1 aliphatic carbocycles. The van der Waals surface area contributed by atoms with Crippen molar-refractivity contribution in [2.45, 2.75) is 52.4 Å². The topological polar surface area (TPSA) is 50.1 Å². The first-order valence-electron chi connectivity index (χ1n) is 10.4. The molecule has 146 valence electrons. The summed E-state index contributed by atoms with van der Waals surface area (Å²) < 4.78 is 5.64. The van der Waals surface area contributed by atoms with Gasteiger partial charge in [-0.25, -0.2) is 0 Å². The summed E-state index contributed by atoms with van der Waals surface area (Å²) in [5, 5.41) is 8.89. The van der Waals surface area contributed by atoms with Crippen molar-refractivity contribution >= 4 is 5.97 Å². The van der Waals surface area contributed by atoms with E-state index in [0.29, 0.717) is 11.3 Å². The van der Waals surface area contributed by atoms with Crippen molar-refractivity contribution in [2.24, 2.45) is 17.8 Å². The summed E-state index contributed by atoms with van der Waals surface area (Å²) in [6.45, 7) is 4.57. The summed E-state index contributed by atoms with van der Waals surface area (Å²) in [6.07, 6.45) is 6.70. The molecule has 3 rings (SSSR count). The molecule has 0 saturated heterocycles. The summed E-state index contributed by atoms with van der Waals surface area (Å²) in [5.74, 6) is 2.09. The lowest BCUT2D eigenvalue weighted by Gasteiger charge is -2.28. The predicted octanol–water partition coefficient (Wildman–Crippen LogP) is 6.37. The number of hydrogen-bond acceptors (Lipinski definition) is 3. The van der Waals surface area contributed by atoms with Gasteiger partial charge in [-0.1, -0.05) is 44.5 Å². The van der Waals surface area contributed by atoms with Gasteiger partial charge in [0.15, 0.2) is 0 Å². The molecule has 0 aliphatic heterocycles. The minimum atomic E-state index is -0.0897. The third kappa shape index (κ3) is 5.23. The fraction of sp³-hybridized carbons (Fsp3) is 0.440. The largest absolute Gasteiger partial charge is 0.426 e. The molecule has 1 atom stereocenters. The van der Waals surface area contributed by atoms with Crippen molar-refractivity contribution in [3.63, 3.8) is 0 Å². The molecule has 0 spiro atoms. The van der Waals surface area contributed by atoms with Crippen LogP contribution in [0, 0.1) is 29.1 Å². The Balaban J connectivity index is 1.53. The van der Waals surface area contributed by atoms with Crippen LogP contribution in [0.15, 0.2) is 48.5 Å². The van der Waals surface area contributed by atoms with Crippen LogP contribution in [-0.4, -0.2) is 5.97 Å². The zero-order valence-corrected chi connectivity index (χ0v) is 16.9. The van der Waals surface area contributed by atoms with Crippen molar-refractivity contribution in [3.05, 3.63) is 54.1 Å². The number of benzene rings is 2. The SMILES string of the molecule is CC[C@@H](C)CC1CCC(C(=O)Oc2ccc(-c3ccc(C#N)cc3)cc2)CC1. The molecule has 2 aromatic rings. The fourth-order valence-corrected chi connectivity index (χ4v) is 4.02. The summed E-state index contributed by atoms with van der Waals surface area (Å²) in [6, 6.07) is 17.2. The van der Waals surface area contributed by atoms with Gasteiger partial charge in [0.2, 0.25) is 0 Å². The molecule has 2 aromatic carbocycles. The lowest BCUT2D eigenvalue weighted by Crippen LogP contribution is -2.26. The van der Waals surface area contributed by atoms with Crippen LogP contribution in [0.5, 0.6) is 5.75 Å². The fourth-order valence-electron chi connectivity index (χ4n) is 4.02. The normalized spacial score (nSPS) is 20.2. The molecule has 28 heavy (non-hydrogen) atoms. The van der Waals surface area contributed by atoms with Gasteiger partial charge in [0.1, 0.15) is 5.75 Å². The lowest BCUT2D eigenvalue weighted by molar-refractivity contribution is -0.140. The van der Waals surface area contributed by atoms with E-state index in [-0.39, 0.29) is 11.9 Å². The second-order valence-corrected chi connectivity index (χ2v) is 8.10. The Kier molecular flexibility index (Phi) is 6.87. The molecule has 0 radical (unpaired) electrons. The first kappa shape index (κ1) is 20.1. The molecular weight excluding hydrogens is 346 g/mol. The van der Waals surface area contributed by atoms with Crippen molar-refractivity contribution in [2.75, 3.05) is 0 Å². The molecule has 3 nitrogen and oxygen atoms in total. The minimum absolute atomic E-state index is 0.0337. The second kappa shape index (κ2) is 9.55. The van der Waals surface area contributed by atoms with Gasteiger partial charge in [-0.2, -0.15) is 5.26 Å². The van der Waals surface area contributed by atoms with E-state index in [1.807, 2.05) is 36.4 Å². The summed E-state index contributed by atoms with van der Waals surface area (Å²) in [5.41, 5.74) is 2.72. The standard InChI is InChI=1S/C25H29NO2/c1-3-18(2)16-19-4-10-23(11-5-19)25(27)28-24-14-12-22(13-15-24)21-8-6-20(17-26)7-9-21/h6-9,12-15,18-19,23H,3-5,10-11,16H2,1-2H3/t18-,19?,23?/m1/s1. The van der Waals surface area contributed by atoms with Crippen LogP contribution in [0.2, 0.25) is 0 Å². The molecule has 0 bridgehead atoms. The minimum Gasteiger partial charge on any atom is -0.426 e. The van der Waals surface area contributed by atoms with Gasteiger partial charge in [0.05, 0.1) is 17.6 Å². The van der Waals surface area contributed by atoms with Gasteiger partial charge < -0.3 is 4.74 Å². The first-order valence-corrected chi connectivity index (χ1v) is 10.4. The third-order valence-electron chi connectivity index (χ3n) is 6.03. The average molecular weight is 376 g/mol. The second-order valence-electron chi connectivity index (χ2n) is 8.10. The summed E-state index contributed by atoms with van der Waals surface area (Å²) in [4.78, 5) is 12.5. The zero-order chi connectivity index (χ0) is 19.9. The maximum atomic E-state index is 12.5. The van der Waals surface area contributed by atoms with Gasteiger partial charge >= 0.3 is 5.97 Å². The van der Waals surface area contributed by atoms with Crippen molar-refractivity contribution in [3.8, 4) is 22.9 Å². The van der Waals surface area contributed by atoms with E-state index in [4.69, 9.17) is 10.00 Å². The van der Waals surface area contributed by atoms with Gasteiger partial charge in [-0.3, -0.25) is 4.79 Å². The van der Waals surface area contributed by atoms with Crippen LogP contribution in [0.1, 0.15) is 57.9 Å². The van der Waals surface area contributed by atoms with Crippen LogP contribution >= 0.6 is 0 Å². The monoisotopic (exact) mass is 375 g/mol. The highest BCUT2D eigenvalue weighted by molar-refractivity contribution is 5.75. The van der Waals surface area contributed by atoms with Crippen LogP contribution in [-0.2, 0) is 4.79 Å².